The first-order valence-corrected chi connectivity index (χ1v) is 47.6. The van der Waals surface area contributed by atoms with E-state index in [1.165, 1.54) is 14.2 Å². The third-order valence-electron chi connectivity index (χ3n) is 23.8. The minimum atomic E-state index is -0.847. The first kappa shape index (κ1) is 112. The van der Waals surface area contributed by atoms with E-state index in [2.05, 4.69) is 135 Å². The Morgan fingerprint density at radius 2 is 0.662 bits per heavy atom. The number of esters is 2. The molecule has 0 bridgehead atoms. The number of carbonyl (C=O) groups is 9. The maximum Gasteiger partial charge on any atom is 0.407 e. The Hall–Kier alpha value is -12.3. The number of benzene rings is 3. The van der Waals surface area contributed by atoms with Gasteiger partial charge in [-0.1, -0.05) is 34.6 Å². The van der Waals surface area contributed by atoms with E-state index in [4.69, 9.17) is 40.8 Å². The number of nitrogens with two attached hydrogens (primary N) is 2. The Kier molecular flexibility index (Phi) is 40.7. The first-order valence-electron chi connectivity index (χ1n) is 47.6. The average Bonchev–Trinajstić information content (AvgIpc) is 0.785. The topological polar surface area (TPSA) is 537 Å². The molecule has 8 saturated heterocycles. The van der Waals surface area contributed by atoms with Crippen molar-refractivity contribution in [3.8, 4) is 18.2 Å². The van der Waals surface area contributed by atoms with Crippen molar-refractivity contribution in [2.75, 3.05) is 134 Å². The van der Waals surface area contributed by atoms with Gasteiger partial charge in [-0.2, -0.15) is 15.8 Å². The number of nitrogens with one attached hydrogen (secondary N) is 7. The number of aliphatic carboxylic acids is 1. The van der Waals surface area contributed by atoms with Gasteiger partial charge in [-0.05, 0) is 184 Å². The minimum absolute atomic E-state index is 0.00463. The van der Waals surface area contributed by atoms with Gasteiger partial charge < -0.3 is 96.9 Å². The van der Waals surface area contributed by atoms with Crippen molar-refractivity contribution >= 4 is 104 Å². The van der Waals surface area contributed by atoms with Crippen LogP contribution in [-0.4, -0.2) is 323 Å². The lowest BCUT2D eigenvalue weighted by atomic mass is 9.94. The van der Waals surface area contributed by atoms with Gasteiger partial charge >= 0.3 is 42.3 Å². The van der Waals surface area contributed by atoms with Crippen LogP contribution in [-0.2, 0) is 52.4 Å². The van der Waals surface area contributed by atoms with Gasteiger partial charge in [-0.25, -0.2) is 19.2 Å². The molecule has 8 fully saturated rings. The molecule has 0 spiro atoms. The molecule has 10 atom stereocenters. The predicted molar refractivity (Wildman–Crippen MR) is 527 cm³/mol. The molecule has 6 aromatic rings. The largest absolute Gasteiger partial charge is 0.480 e. The molecule has 0 radical (unpaired) electrons. The molecule has 11 heterocycles. The number of nitriles is 3. The van der Waals surface area contributed by atoms with Crippen LogP contribution in [0.3, 0.4) is 0 Å². The maximum absolute atomic E-state index is 13.1. The Balaban J connectivity index is 0.000000208. The molecule has 0 aliphatic carbocycles. The molecule has 3 aromatic carbocycles. The normalized spacial score (nSPS) is 20.8. The van der Waals surface area contributed by atoms with Gasteiger partial charge in [-0.3, -0.25) is 73.5 Å². The smallest absolute Gasteiger partial charge is 0.407 e. The van der Waals surface area contributed by atoms with E-state index in [1.807, 2.05) is 110 Å². The molecule has 41 heteroatoms. The minimum Gasteiger partial charge on any atom is -0.480 e. The molecule has 12 N–H and O–H groups in total. The summed E-state index contributed by atoms with van der Waals surface area (Å²) in [5.74, 6) is 0.129. The van der Waals surface area contributed by atoms with Gasteiger partial charge in [0.2, 0.25) is 11.8 Å². The molecule has 139 heavy (non-hydrogen) atoms. The zero-order valence-electron chi connectivity index (χ0n) is 85.0. The molecule has 14 rings (SSSR count). The number of anilines is 3. The number of carbonyl (C=O) groups excluding carboxylic acids is 8. The Morgan fingerprint density at radius 3 is 0.928 bits per heavy atom. The summed E-state index contributed by atoms with van der Waals surface area (Å²) in [7, 11) is 2.76. The lowest BCUT2D eigenvalue weighted by molar-refractivity contribution is -0.148. The quantitative estimate of drug-likeness (QED) is 0.0291. The molecular weight excluding hydrogens is 1780 g/mol. The summed E-state index contributed by atoms with van der Waals surface area (Å²) in [5.41, 5.74) is 18.6. The van der Waals surface area contributed by atoms with Crippen LogP contribution in [0.1, 0.15) is 181 Å². The van der Waals surface area contributed by atoms with Gasteiger partial charge in [0.15, 0.2) is 0 Å². The second-order valence-corrected chi connectivity index (χ2v) is 41.3. The lowest BCUT2D eigenvalue weighted by Gasteiger charge is -2.43. The molecule has 8 aliphatic rings. The molecule has 6 amide bonds. The second kappa shape index (κ2) is 50.5. The van der Waals surface area contributed by atoms with E-state index in [9.17, 15) is 53.7 Å². The predicted octanol–water partition coefficient (Wildman–Crippen LogP) is 7.69. The highest BCUT2D eigenvalue weighted by Gasteiger charge is 2.41. The number of fused-ring (bicyclic) bond motifs is 3. The van der Waals surface area contributed by atoms with Crippen molar-refractivity contribution in [2.45, 2.75) is 260 Å². The number of carboxylic acid groups (broad SMARTS) is 1. The van der Waals surface area contributed by atoms with Crippen molar-refractivity contribution < 1.29 is 76.7 Å². The van der Waals surface area contributed by atoms with Crippen LogP contribution in [0.25, 0.3) is 33.1 Å². The van der Waals surface area contributed by atoms with Crippen molar-refractivity contribution in [3.05, 3.63) is 90.3 Å². The number of methoxy groups -OCH3 is 2. The van der Waals surface area contributed by atoms with E-state index in [0.29, 0.717) is 109 Å². The summed E-state index contributed by atoms with van der Waals surface area (Å²) < 4.78 is 29.7. The Labute approximate surface area is 816 Å². The van der Waals surface area contributed by atoms with Crippen molar-refractivity contribution in [1.82, 2.24) is 86.7 Å². The Bertz CT molecular complexity index is 5280. The number of ether oxygens (including phenoxy) is 6. The molecule has 41 nitrogen and oxygen atoms in total. The Morgan fingerprint density at radius 1 is 0.374 bits per heavy atom. The number of rotatable bonds is 18. The van der Waals surface area contributed by atoms with Crippen LogP contribution in [0.2, 0.25) is 0 Å². The highest BCUT2D eigenvalue weighted by atomic mass is 16.6. The molecule has 8 aliphatic heterocycles. The summed E-state index contributed by atoms with van der Waals surface area (Å²) >= 11 is 0. The summed E-state index contributed by atoms with van der Waals surface area (Å²) in [6.07, 6.45) is 11.0. The zero-order valence-corrected chi connectivity index (χ0v) is 85.0. The number of hydrogen-bond donors (Lipinski definition) is 10. The summed E-state index contributed by atoms with van der Waals surface area (Å²) in [6.45, 7) is 51.0. The fourth-order valence-electron chi connectivity index (χ4n) is 16.7. The van der Waals surface area contributed by atoms with Gasteiger partial charge in [0.25, 0.3) is 0 Å². The zero-order chi connectivity index (χ0) is 103. The van der Waals surface area contributed by atoms with E-state index in [1.54, 1.807) is 103 Å². The van der Waals surface area contributed by atoms with Crippen LogP contribution in [0, 0.1) is 57.7 Å². The van der Waals surface area contributed by atoms with Gasteiger partial charge in [0, 0.05) is 166 Å². The van der Waals surface area contributed by atoms with E-state index in [0.717, 1.165) is 99.7 Å². The van der Waals surface area contributed by atoms with E-state index < -0.39 is 52.7 Å². The number of carboxylic acids is 1. The van der Waals surface area contributed by atoms with Crippen molar-refractivity contribution in [2.24, 2.45) is 35.1 Å². The van der Waals surface area contributed by atoms with Crippen LogP contribution in [0.5, 0.6) is 0 Å². The third-order valence-corrected chi connectivity index (χ3v) is 23.8. The van der Waals surface area contributed by atoms with Gasteiger partial charge in [0.05, 0.1) is 90.1 Å². The van der Waals surface area contributed by atoms with Gasteiger partial charge in [0.1, 0.15) is 85.8 Å². The number of hydrogen-bond acceptors (Lipinski definition) is 34. The molecule has 4 unspecified atom stereocenters. The van der Waals surface area contributed by atoms with E-state index in [-0.39, 0.29) is 102 Å². The molecule has 3 aromatic heterocycles. The summed E-state index contributed by atoms with van der Waals surface area (Å²) in [4.78, 5) is 145. The SMILES string of the molecule is CC(C(=O)N[C@@H]1C[C@H](C)CN(c2ccc(C#N)c3nccnc23)C1)N1CC(N)C1.CC(C(=O)N[C@@H]1C[C@H](C)CN(c2ccc(C#N)c3nccnc23)C1)N1CC(NC(=O)OC(C)(C)C)C1.CC(C(=O)O)N1CC(NC(=O)OC(C)(C)C)C1.CC(C)(C)OC(=O)NC1CNC1.COC(=O)C(C)C.COC(=O)C(C)N1CC(NC(=O)OC(C)(C)C)C1.C[C@H]1C[C@@H](N)CN(c2ccc(C#N)c3nccnc23)C1. The molecule has 0 saturated carbocycles. The monoisotopic (exact) mass is 1930 g/mol. The van der Waals surface area contributed by atoms with Crippen molar-refractivity contribution in [1.29, 1.82) is 15.8 Å². The molecule has 760 valence electrons. The second-order valence-electron chi connectivity index (χ2n) is 41.3. The standard InChI is InChI=1S/C26H35N7O3.C21H27N7O.C15H17N5.C12H22N2O4.C11H20N2O4.C8H16N2O2.C5H10O2/c1-16-10-19(13-33(12-16)21-7-6-18(11-27)22-23(21)29-9-8-28-22)30-24(34)17(2)32-14-20(15-32)31-25(35)36-26(3,4)5;1-13-7-17(26-21(29)14(2)27-10-16(23)11-27)12-28(9-13)18-4-3-15(8-22)19-20(18)25-6-5-24-19;1-10-6-12(17)9-20(8-10)13-3-2-11(7-16)14-15(13)19-5-4-18-14;1-8(10(15)17-5)14-6-9(7-14)13-11(16)18-12(2,3)4;1-7(9(14)15)13-5-8(6-13)12-10(16)17-11(2,3)4;1-8(2,3)12-7(11)10-6-4-9-5-6;1-4(2)5(6)7-3/h6-9,16-17,19-20H,10,12-15H2,1-5H3,(H,30,34)(H,31,35);3-6,13-14,16-17H,7,9-12,23H2,1-2H3,(H,26,29);2-5,10,12H,6,8-9,17H2,1H3;8-9H,6-7H2,1-5H3,(H,13,16);7-8H,5-6H2,1-4H3,(H,12,16)(H,14,15);6,9H,4-5H2,1-3H3,(H,10,11);4H,1-3H3/t16-,17?,19+;13-,14?,17+;10-,12+;;;;/m000..../s1. The highest BCUT2D eigenvalue weighted by molar-refractivity contribution is 5.94. The summed E-state index contributed by atoms with van der Waals surface area (Å²) in [6, 6.07) is 17.2. The third kappa shape index (κ3) is 34.6. The molecular formula is C98H147N25O16. The first-order chi connectivity index (χ1) is 65.2. The number of likely N-dealkylation sites (tertiary alicyclic amines) is 4. The summed E-state index contributed by atoms with van der Waals surface area (Å²) in [5, 5.41) is 57.3. The number of alkyl carbamates (subject to hydrolysis) is 4. The fourth-order valence-corrected chi connectivity index (χ4v) is 16.7. The maximum atomic E-state index is 13.1. The van der Waals surface area contributed by atoms with Crippen molar-refractivity contribution in [3.63, 3.8) is 0 Å². The lowest BCUT2D eigenvalue weighted by Crippen LogP contribution is -2.65. The van der Waals surface area contributed by atoms with E-state index >= 15 is 0 Å². The fraction of sp³-hybridized carbons (Fsp3) is 0.633. The number of piperidine rings is 3. The average molecular weight is 1930 g/mol. The van der Waals surface area contributed by atoms with Gasteiger partial charge in [-0.15, -0.1) is 0 Å². The number of amides is 6. The van der Waals surface area contributed by atoms with Crippen LogP contribution < -0.4 is 63.4 Å². The number of aromatic nitrogens is 6. The van der Waals surface area contributed by atoms with Crippen LogP contribution in [0.4, 0.5) is 36.2 Å². The van der Waals surface area contributed by atoms with Crippen LogP contribution >= 0.6 is 0 Å². The number of nitrogens with zero attached hydrogens (tertiary/aromatic N) is 16. The van der Waals surface area contributed by atoms with Crippen LogP contribution in [0.15, 0.2) is 73.6 Å². The highest BCUT2D eigenvalue weighted by Crippen LogP contribution is 2.35.